The number of benzene rings is 2. The van der Waals surface area contributed by atoms with Crippen molar-refractivity contribution in [3.8, 4) is 5.69 Å². The molecule has 90 valence electrons. The summed E-state index contributed by atoms with van der Waals surface area (Å²) < 4.78 is 3.62. The number of aromatic nitrogens is 1. The standard InChI is InChI=1S/C16H14IN/c1-11-12(2)18(14-6-4-3-5-7-14)16-9-8-13(17)10-15(11)16/h3-10H,1-2H3. The molecule has 18 heavy (non-hydrogen) atoms. The third-order valence-corrected chi connectivity index (χ3v) is 4.17. The molecule has 0 spiro atoms. The molecule has 0 saturated heterocycles. The fourth-order valence-electron chi connectivity index (χ4n) is 2.46. The van der Waals surface area contributed by atoms with Gasteiger partial charge in [-0.05, 0) is 72.3 Å². The average Bonchev–Trinajstić information content (AvgIpc) is 2.64. The Labute approximate surface area is 121 Å². The average molecular weight is 347 g/mol. The first-order valence-electron chi connectivity index (χ1n) is 6.01. The van der Waals surface area contributed by atoms with Gasteiger partial charge in [0.2, 0.25) is 0 Å². The summed E-state index contributed by atoms with van der Waals surface area (Å²) in [6.45, 7) is 4.39. The van der Waals surface area contributed by atoms with Crippen LogP contribution in [0.3, 0.4) is 0 Å². The minimum Gasteiger partial charge on any atom is -0.314 e. The Morgan fingerprint density at radius 2 is 1.67 bits per heavy atom. The molecule has 3 rings (SSSR count). The molecule has 0 aliphatic rings. The molecule has 0 N–H and O–H groups in total. The Hall–Kier alpha value is -1.29. The van der Waals surface area contributed by atoms with Gasteiger partial charge in [0, 0.05) is 20.3 Å². The third kappa shape index (κ3) is 1.75. The Kier molecular flexibility index (Phi) is 2.90. The molecule has 1 heterocycles. The molecule has 1 aromatic heterocycles. The summed E-state index contributed by atoms with van der Waals surface area (Å²) in [5.41, 5.74) is 5.21. The summed E-state index contributed by atoms with van der Waals surface area (Å²) in [4.78, 5) is 0. The fourth-order valence-corrected chi connectivity index (χ4v) is 2.95. The van der Waals surface area contributed by atoms with Crippen LogP contribution < -0.4 is 0 Å². The quantitative estimate of drug-likeness (QED) is 0.555. The molecule has 0 aliphatic carbocycles. The second-order valence-electron chi connectivity index (χ2n) is 4.54. The van der Waals surface area contributed by atoms with Crippen molar-refractivity contribution in [1.29, 1.82) is 0 Å². The monoisotopic (exact) mass is 347 g/mol. The van der Waals surface area contributed by atoms with Crippen molar-refractivity contribution in [2.75, 3.05) is 0 Å². The number of para-hydroxylation sites is 1. The molecule has 0 fully saturated rings. The lowest BCUT2D eigenvalue weighted by Crippen LogP contribution is -1.95. The molecule has 2 heteroatoms. The van der Waals surface area contributed by atoms with Gasteiger partial charge in [-0.25, -0.2) is 0 Å². The van der Waals surface area contributed by atoms with Crippen LogP contribution in [0.15, 0.2) is 48.5 Å². The zero-order valence-electron chi connectivity index (χ0n) is 10.4. The number of aryl methyl sites for hydroxylation is 1. The molecule has 0 atom stereocenters. The topological polar surface area (TPSA) is 4.93 Å². The van der Waals surface area contributed by atoms with Crippen molar-refractivity contribution in [2.45, 2.75) is 13.8 Å². The Morgan fingerprint density at radius 3 is 2.39 bits per heavy atom. The van der Waals surface area contributed by atoms with Crippen LogP contribution in [0.5, 0.6) is 0 Å². The van der Waals surface area contributed by atoms with Gasteiger partial charge in [0.1, 0.15) is 0 Å². The number of hydrogen-bond acceptors (Lipinski definition) is 0. The zero-order valence-corrected chi connectivity index (χ0v) is 12.6. The van der Waals surface area contributed by atoms with E-state index in [2.05, 4.69) is 89.5 Å². The van der Waals surface area contributed by atoms with E-state index in [1.54, 1.807) is 0 Å². The van der Waals surface area contributed by atoms with E-state index in [1.807, 2.05) is 0 Å². The van der Waals surface area contributed by atoms with Crippen LogP contribution in [0.1, 0.15) is 11.3 Å². The van der Waals surface area contributed by atoms with Gasteiger partial charge in [-0.3, -0.25) is 0 Å². The van der Waals surface area contributed by atoms with Crippen molar-refractivity contribution in [3.63, 3.8) is 0 Å². The van der Waals surface area contributed by atoms with Gasteiger partial charge in [-0.1, -0.05) is 18.2 Å². The lowest BCUT2D eigenvalue weighted by molar-refractivity contribution is 1.04. The molecule has 0 aliphatic heterocycles. The normalized spacial score (nSPS) is 11.1. The molecule has 3 aromatic rings. The largest absolute Gasteiger partial charge is 0.314 e. The Morgan fingerprint density at radius 1 is 0.944 bits per heavy atom. The molecular formula is C16H14IN. The van der Waals surface area contributed by atoms with Crippen molar-refractivity contribution in [2.24, 2.45) is 0 Å². The maximum atomic E-state index is 2.37. The minimum absolute atomic E-state index is 1.23. The highest BCUT2D eigenvalue weighted by atomic mass is 127. The van der Waals surface area contributed by atoms with Gasteiger partial charge in [0.05, 0.1) is 5.52 Å². The maximum absolute atomic E-state index is 2.37. The van der Waals surface area contributed by atoms with E-state index in [0.717, 1.165) is 0 Å². The summed E-state index contributed by atoms with van der Waals surface area (Å²) >= 11 is 2.37. The van der Waals surface area contributed by atoms with E-state index in [0.29, 0.717) is 0 Å². The van der Waals surface area contributed by atoms with Crippen molar-refractivity contribution in [1.82, 2.24) is 4.57 Å². The van der Waals surface area contributed by atoms with Gasteiger partial charge < -0.3 is 4.57 Å². The van der Waals surface area contributed by atoms with E-state index in [-0.39, 0.29) is 0 Å². The highest BCUT2D eigenvalue weighted by Gasteiger charge is 2.11. The molecule has 1 nitrogen and oxygen atoms in total. The highest BCUT2D eigenvalue weighted by Crippen LogP contribution is 2.29. The van der Waals surface area contributed by atoms with Crippen molar-refractivity contribution in [3.05, 3.63) is 63.4 Å². The number of halogens is 1. The summed E-state index contributed by atoms with van der Waals surface area (Å²) in [7, 11) is 0. The van der Waals surface area contributed by atoms with Crippen molar-refractivity contribution >= 4 is 33.5 Å². The molecule has 0 bridgehead atoms. The second-order valence-corrected chi connectivity index (χ2v) is 5.79. The van der Waals surface area contributed by atoms with E-state index in [1.165, 1.54) is 31.4 Å². The summed E-state index contributed by atoms with van der Waals surface area (Å²) in [6, 6.07) is 17.2. The summed E-state index contributed by atoms with van der Waals surface area (Å²) in [5.74, 6) is 0. The molecule has 0 amide bonds. The van der Waals surface area contributed by atoms with Gasteiger partial charge in [0.25, 0.3) is 0 Å². The van der Waals surface area contributed by atoms with Crippen LogP contribution in [-0.2, 0) is 0 Å². The van der Waals surface area contributed by atoms with E-state index < -0.39 is 0 Å². The maximum Gasteiger partial charge on any atom is 0.0534 e. The Bertz CT molecular complexity index is 711. The number of nitrogens with zero attached hydrogens (tertiary/aromatic N) is 1. The predicted molar refractivity (Wildman–Crippen MR) is 85.5 cm³/mol. The van der Waals surface area contributed by atoms with Crippen LogP contribution >= 0.6 is 22.6 Å². The lowest BCUT2D eigenvalue weighted by atomic mass is 10.2. The van der Waals surface area contributed by atoms with Crippen LogP contribution in [0.25, 0.3) is 16.6 Å². The molecular weight excluding hydrogens is 333 g/mol. The first-order chi connectivity index (χ1) is 8.68. The molecule has 0 unspecified atom stereocenters. The van der Waals surface area contributed by atoms with E-state index in [9.17, 15) is 0 Å². The summed E-state index contributed by atoms with van der Waals surface area (Å²) in [5, 5.41) is 1.35. The number of fused-ring (bicyclic) bond motifs is 1. The van der Waals surface area contributed by atoms with Gasteiger partial charge in [0.15, 0.2) is 0 Å². The number of hydrogen-bond donors (Lipinski definition) is 0. The first-order valence-corrected chi connectivity index (χ1v) is 7.09. The smallest absolute Gasteiger partial charge is 0.0534 e. The van der Waals surface area contributed by atoms with Gasteiger partial charge in [-0.15, -0.1) is 0 Å². The first kappa shape index (κ1) is 11.8. The second kappa shape index (κ2) is 4.43. The highest BCUT2D eigenvalue weighted by molar-refractivity contribution is 14.1. The Balaban J connectivity index is 2.40. The SMILES string of the molecule is Cc1c(C)n(-c2ccccc2)c2ccc(I)cc12. The zero-order chi connectivity index (χ0) is 12.7. The number of rotatable bonds is 1. The summed E-state index contributed by atoms with van der Waals surface area (Å²) in [6.07, 6.45) is 0. The molecule has 2 aromatic carbocycles. The van der Waals surface area contributed by atoms with Gasteiger partial charge >= 0.3 is 0 Å². The van der Waals surface area contributed by atoms with Crippen molar-refractivity contribution < 1.29 is 0 Å². The lowest BCUT2D eigenvalue weighted by Gasteiger charge is -2.08. The third-order valence-electron chi connectivity index (χ3n) is 3.50. The van der Waals surface area contributed by atoms with E-state index >= 15 is 0 Å². The minimum atomic E-state index is 1.23. The van der Waals surface area contributed by atoms with Crippen LogP contribution in [-0.4, -0.2) is 4.57 Å². The predicted octanol–water partition coefficient (Wildman–Crippen LogP) is 4.85. The van der Waals surface area contributed by atoms with Gasteiger partial charge in [-0.2, -0.15) is 0 Å². The van der Waals surface area contributed by atoms with E-state index in [4.69, 9.17) is 0 Å². The molecule has 0 saturated carbocycles. The fraction of sp³-hybridized carbons (Fsp3) is 0.125. The molecule has 0 radical (unpaired) electrons. The van der Waals surface area contributed by atoms with Crippen LogP contribution in [0.4, 0.5) is 0 Å². The van der Waals surface area contributed by atoms with Crippen LogP contribution in [0, 0.1) is 17.4 Å². The van der Waals surface area contributed by atoms with Crippen LogP contribution in [0.2, 0.25) is 0 Å².